The molecule has 0 spiro atoms. The van der Waals surface area contributed by atoms with E-state index in [1.807, 2.05) is 60.0 Å². The van der Waals surface area contributed by atoms with E-state index in [-0.39, 0.29) is 23.5 Å². The Morgan fingerprint density at radius 1 is 1.06 bits per heavy atom. The van der Waals surface area contributed by atoms with Gasteiger partial charge in [0.15, 0.2) is 0 Å². The Morgan fingerprint density at radius 2 is 1.82 bits per heavy atom. The van der Waals surface area contributed by atoms with Gasteiger partial charge in [-0.25, -0.2) is 4.79 Å². The second kappa shape index (κ2) is 11.0. The van der Waals surface area contributed by atoms with Crippen molar-refractivity contribution >= 4 is 40.0 Å². The molecule has 4 rings (SSSR count). The predicted molar refractivity (Wildman–Crippen MR) is 131 cm³/mol. The first-order valence-corrected chi connectivity index (χ1v) is 12.2. The van der Waals surface area contributed by atoms with Gasteiger partial charge in [-0.15, -0.1) is 21.5 Å². The fourth-order valence-electron chi connectivity index (χ4n) is 3.09. The summed E-state index contributed by atoms with van der Waals surface area (Å²) in [6.45, 7) is 1.96. The number of amides is 1. The average Bonchev–Trinajstić information content (AvgIpc) is 3.51. The molecule has 0 unspecified atom stereocenters. The first kappa shape index (κ1) is 23.5. The fourth-order valence-corrected chi connectivity index (χ4v) is 4.63. The summed E-state index contributed by atoms with van der Waals surface area (Å²) in [5.74, 6) is 0.322. The van der Waals surface area contributed by atoms with Gasteiger partial charge in [0, 0.05) is 16.5 Å². The van der Waals surface area contributed by atoms with E-state index < -0.39 is 5.97 Å². The van der Waals surface area contributed by atoms with Crippen LogP contribution in [0.25, 0.3) is 22.6 Å². The lowest BCUT2D eigenvalue weighted by molar-refractivity contribution is -0.113. The van der Waals surface area contributed by atoms with Crippen LogP contribution in [0.15, 0.2) is 69.6 Å². The van der Waals surface area contributed by atoms with E-state index in [4.69, 9.17) is 13.9 Å². The third-order valence-electron chi connectivity index (χ3n) is 4.68. The number of rotatable bonds is 9. The maximum atomic E-state index is 12.7. The summed E-state index contributed by atoms with van der Waals surface area (Å²) in [6.07, 6.45) is 0. The molecule has 0 aliphatic heterocycles. The Kier molecular flexibility index (Phi) is 7.61. The minimum Gasteiger partial charge on any atom is -0.497 e. The molecule has 174 valence electrons. The molecule has 0 fully saturated rings. The lowest BCUT2D eigenvalue weighted by Gasteiger charge is -2.09. The number of hydrogen-bond acceptors (Lipinski definition) is 9. The van der Waals surface area contributed by atoms with Crippen LogP contribution in [0.3, 0.4) is 0 Å². The third-order valence-corrected chi connectivity index (χ3v) is 6.39. The van der Waals surface area contributed by atoms with Crippen LogP contribution in [0.5, 0.6) is 5.75 Å². The molecule has 0 saturated carbocycles. The largest absolute Gasteiger partial charge is 0.497 e. The van der Waals surface area contributed by atoms with Crippen LogP contribution in [-0.2, 0) is 9.53 Å². The summed E-state index contributed by atoms with van der Waals surface area (Å²) in [4.78, 5) is 25.4. The number of ether oxygens (including phenoxy) is 2. The number of methoxy groups -OCH3 is 1. The van der Waals surface area contributed by atoms with Crippen molar-refractivity contribution in [1.29, 1.82) is 0 Å². The molecular formula is C24H21N3O5S2. The Bertz CT molecular complexity index is 1270. The Labute approximate surface area is 204 Å². The molecule has 1 N–H and O–H groups in total. The molecule has 2 aromatic carbocycles. The Hall–Kier alpha value is -3.63. The number of thioether (sulfide) groups is 1. The Balaban J connectivity index is 1.47. The van der Waals surface area contributed by atoms with Crippen LogP contribution in [0, 0.1) is 0 Å². The van der Waals surface area contributed by atoms with Gasteiger partial charge in [0.05, 0.1) is 19.5 Å². The number of aromatic nitrogens is 2. The first-order chi connectivity index (χ1) is 16.6. The van der Waals surface area contributed by atoms with E-state index in [9.17, 15) is 9.59 Å². The predicted octanol–water partition coefficient (Wildman–Crippen LogP) is 5.38. The summed E-state index contributed by atoms with van der Waals surface area (Å²) < 4.78 is 16.1. The van der Waals surface area contributed by atoms with E-state index in [1.54, 1.807) is 14.0 Å². The maximum absolute atomic E-state index is 12.7. The van der Waals surface area contributed by atoms with Gasteiger partial charge in [-0.2, -0.15) is 0 Å². The zero-order chi connectivity index (χ0) is 23.9. The molecule has 0 aliphatic rings. The molecule has 2 aromatic heterocycles. The van der Waals surface area contributed by atoms with E-state index in [0.29, 0.717) is 27.8 Å². The SMILES string of the molecule is CCOC(=O)c1c(-c2ccc(OC)cc2)csc1NC(=O)CSc1nnc(-c2ccccc2)o1. The van der Waals surface area contributed by atoms with Crippen LogP contribution in [0.1, 0.15) is 17.3 Å². The van der Waals surface area contributed by atoms with E-state index in [0.717, 1.165) is 22.9 Å². The lowest BCUT2D eigenvalue weighted by atomic mass is 10.0. The first-order valence-electron chi connectivity index (χ1n) is 10.3. The van der Waals surface area contributed by atoms with Crippen LogP contribution in [-0.4, -0.2) is 41.5 Å². The van der Waals surface area contributed by atoms with Crippen molar-refractivity contribution < 1.29 is 23.5 Å². The zero-order valence-electron chi connectivity index (χ0n) is 18.4. The molecule has 1 amide bonds. The van der Waals surface area contributed by atoms with Gasteiger partial charge in [0.25, 0.3) is 5.22 Å². The minimum absolute atomic E-state index is 0.0362. The molecule has 8 nitrogen and oxygen atoms in total. The van der Waals surface area contributed by atoms with Gasteiger partial charge < -0.3 is 19.2 Å². The van der Waals surface area contributed by atoms with Gasteiger partial charge in [-0.1, -0.05) is 42.1 Å². The number of nitrogens with zero attached hydrogens (tertiary/aromatic N) is 2. The number of esters is 1. The quantitative estimate of drug-likeness (QED) is 0.244. The zero-order valence-corrected chi connectivity index (χ0v) is 20.1. The number of carbonyl (C=O) groups is 2. The number of hydrogen-bond donors (Lipinski definition) is 1. The number of carbonyl (C=O) groups excluding carboxylic acids is 2. The van der Waals surface area contributed by atoms with E-state index >= 15 is 0 Å². The van der Waals surface area contributed by atoms with Gasteiger partial charge in [0.2, 0.25) is 11.8 Å². The van der Waals surface area contributed by atoms with Gasteiger partial charge in [-0.05, 0) is 36.8 Å². The van der Waals surface area contributed by atoms with E-state index in [1.165, 1.54) is 11.3 Å². The molecule has 0 radical (unpaired) electrons. The van der Waals surface area contributed by atoms with Gasteiger partial charge in [-0.3, -0.25) is 4.79 Å². The molecule has 34 heavy (non-hydrogen) atoms. The molecule has 0 saturated heterocycles. The van der Waals surface area contributed by atoms with Crippen molar-refractivity contribution in [2.75, 3.05) is 24.8 Å². The second-order valence-corrected chi connectivity index (χ2v) is 8.68. The standard InChI is InChI=1S/C24H21N3O5S2/c1-3-31-23(29)20-18(15-9-11-17(30-2)12-10-15)13-33-22(20)25-19(28)14-34-24-27-26-21(32-24)16-7-5-4-6-8-16/h4-13H,3,14H2,1-2H3,(H,25,28). The highest BCUT2D eigenvalue weighted by atomic mass is 32.2. The van der Waals surface area contributed by atoms with Crippen LogP contribution >= 0.6 is 23.1 Å². The van der Waals surface area contributed by atoms with Gasteiger partial charge in [0.1, 0.15) is 16.3 Å². The Morgan fingerprint density at radius 3 is 2.53 bits per heavy atom. The fraction of sp³-hybridized carbons (Fsp3) is 0.167. The highest BCUT2D eigenvalue weighted by Crippen LogP contribution is 2.37. The lowest BCUT2D eigenvalue weighted by Crippen LogP contribution is -2.16. The van der Waals surface area contributed by atoms with Crippen molar-refractivity contribution in [3.8, 4) is 28.3 Å². The summed E-state index contributed by atoms with van der Waals surface area (Å²) in [7, 11) is 1.59. The van der Waals surface area contributed by atoms with Crippen molar-refractivity contribution in [1.82, 2.24) is 10.2 Å². The number of thiophene rings is 1. The van der Waals surface area contributed by atoms with Crippen molar-refractivity contribution in [3.63, 3.8) is 0 Å². The number of nitrogens with one attached hydrogen (secondary N) is 1. The van der Waals surface area contributed by atoms with E-state index in [2.05, 4.69) is 15.5 Å². The molecule has 0 aliphatic carbocycles. The summed E-state index contributed by atoms with van der Waals surface area (Å²) in [5, 5.41) is 13.3. The maximum Gasteiger partial charge on any atom is 0.341 e. The van der Waals surface area contributed by atoms with Crippen LogP contribution in [0.2, 0.25) is 0 Å². The number of anilines is 1. The molecule has 4 aromatic rings. The minimum atomic E-state index is -0.498. The van der Waals surface area contributed by atoms with Crippen molar-refractivity contribution in [2.24, 2.45) is 0 Å². The monoisotopic (exact) mass is 495 g/mol. The molecule has 0 bridgehead atoms. The summed E-state index contributed by atoms with van der Waals surface area (Å²) in [6, 6.07) is 16.7. The topological polar surface area (TPSA) is 104 Å². The highest BCUT2D eigenvalue weighted by molar-refractivity contribution is 7.99. The molecular weight excluding hydrogens is 474 g/mol. The van der Waals surface area contributed by atoms with Crippen molar-refractivity contribution in [2.45, 2.75) is 12.1 Å². The second-order valence-electron chi connectivity index (χ2n) is 6.88. The molecule has 2 heterocycles. The molecule has 10 heteroatoms. The normalized spacial score (nSPS) is 10.6. The highest BCUT2D eigenvalue weighted by Gasteiger charge is 2.23. The molecule has 0 atom stereocenters. The average molecular weight is 496 g/mol. The summed E-state index contributed by atoms with van der Waals surface area (Å²) in [5.41, 5.74) is 2.61. The smallest absolute Gasteiger partial charge is 0.341 e. The van der Waals surface area contributed by atoms with Gasteiger partial charge >= 0.3 is 5.97 Å². The van der Waals surface area contributed by atoms with Crippen molar-refractivity contribution in [3.05, 3.63) is 65.5 Å². The van der Waals surface area contributed by atoms with Crippen LogP contribution < -0.4 is 10.1 Å². The number of benzene rings is 2. The third kappa shape index (κ3) is 5.46. The summed E-state index contributed by atoms with van der Waals surface area (Å²) >= 11 is 2.38. The van der Waals surface area contributed by atoms with Crippen LogP contribution in [0.4, 0.5) is 5.00 Å².